The normalized spacial score (nSPS) is 10.3. The lowest BCUT2D eigenvalue weighted by atomic mass is 10.1. The number of hydrogen-bond donors (Lipinski definition) is 1. The van der Waals surface area contributed by atoms with E-state index in [1.807, 2.05) is 19.9 Å². The van der Waals surface area contributed by atoms with Crippen molar-refractivity contribution in [2.75, 3.05) is 5.32 Å². The number of rotatable bonds is 4. The van der Waals surface area contributed by atoms with Gasteiger partial charge in [0, 0.05) is 6.07 Å². The molecule has 1 aromatic carbocycles. The maximum atomic E-state index is 11.0. The van der Waals surface area contributed by atoms with E-state index in [-0.39, 0.29) is 10.6 Å². The molecule has 2 aromatic rings. The highest BCUT2D eigenvalue weighted by Gasteiger charge is 2.15. The van der Waals surface area contributed by atoms with Crippen LogP contribution >= 0.6 is 0 Å². The molecule has 0 fully saturated rings. The summed E-state index contributed by atoms with van der Waals surface area (Å²) in [6.07, 6.45) is 1.58. The number of nitro groups is 1. The summed E-state index contributed by atoms with van der Waals surface area (Å²) in [5.41, 5.74) is 2.52. The van der Waals surface area contributed by atoms with E-state index < -0.39 is 0 Å². The molecule has 0 aliphatic heterocycles. The van der Waals surface area contributed by atoms with E-state index in [2.05, 4.69) is 5.32 Å². The van der Waals surface area contributed by atoms with Gasteiger partial charge >= 0.3 is 0 Å². The van der Waals surface area contributed by atoms with Crippen LogP contribution < -0.4 is 5.32 Å². The number of benzene rings is 1. The van der Waals surface area contributed by atoms with Crippen LogP contribution in [-0.4, -0.2) is 4.92 Å². The monoisotopic (exact) mass is 246 g/mol. The molecule has 2 rings (SSSR count). The van der Waals surface area contributed by atoms with Crippen LogP contribution in [0.15, 0.2) is 34.9 Å². The number of nitro benzene ring substituents is 1. The third-order valence-electron chi connectivity index (χ3n) is 2.84. The number of anilines is 1. The molecule has 0 atom stereocenters. The van der Waals surface area contributed by atoms with Gasteiger partial charge in [-0.05, 0) is 43.2 Å². The molecular weight excluding hydrogens is 232 g/mol. The SMILES string of the molecule is Cc1cc(NCc2ccco2)c([N+](=O)[O-])cc1C. The Morgan fingerprint density at radius 2 is 2.06 bits per heavy atom. The lowest BCUT2D eigenvalue weighted by Gasteiger charge is -2.08. The van der Waals surface area contributed by atoms with Gasteiger partial charge in [-0.2, -0.15) is 0 Å². The highest BCUT2D eigenvalue weighted by Crippen LogP contribution is 2.28. The van der Waals surface area contributed by atoms with Crippen molar-refractivity contribution in [3.8, 4) is 0 Å². The van der Waals surface area contributed by atoms with Crippen molar-refractivity contribution in [1.82, 2.24) is 0 Å². The van der Waals surface area contributed by atoms with Crippen LogP contribution in [0.2, 0.25) is 0 Å². The van der Waals surface area contributed by atoms with Crippen molar-refractivity contribution in [3.05, 3.63) is 57.5 Å². The Balaban J connectivity index is 2.25. The minimum Gasteiger partial charge on any atom is -0.467 e. The highest BCUT2D eigenvalue weighted by molar-refractivity contribution is 5.64. The molecule has 0 radical (unpaired) electrons. The van der Waals surface area contributed by atoms with Gasteiger partial charge in [-0.1, -0.05) is 0 Å². The van der Waals surface area contributed by atoms with Crippen molar-refractivity contribution < 1.29 is 9.34 Å². The molecule has 0 bridgehead atoms. The fraction of sp³-hybridized carbons (Fsp3) is 0.231. The second kappa shape index (κ2) is 4.91. The van der Waals surface area contributed by atoms with Crippen molar-refractivity contribution >= 4 is 11.4 Å². The molecule has 18 heavy (non-hydrogen) atoms. The Morgan fingerprint density at radius 1 is 1.33 bits per heavy atom. The summed E-state index contributed by atoms with van der Waals surface area (Å²) in [5.74, 6) is 0.738. The predicted molar refractivity (Wildman–Crippen MR) is 68.6 cm³/mol. The van der Waals surface area contributed by atoms with Gasteiger partial charge in [-0.25, -0.2) is 0 Å². The minimum absolute atomic E-state index is 0.0876. The average molecular weight is 246 g/mol. The molecule has 1 heterocycles. The molecule has 1 N–H and O–H groups in total. The predicted octanol–water partition coefficient (Wildman–Crippen LogP) is 3.42. The molecule has 5 heteroatoms. The molecule has 5 nitrogen and oxygen atoms in total. The van der Waals surface area contributed by atoms with Gasteiger partial charge in [0.2, 0.25) is 0 Å². The number of hydrogen-bond acceptors (Lipinski definition) is 4. The summed E-state index contributed by atoms with van der Waals surface area (Å²) in [5, 5.41) is 14.0. The number of nitrogens with zero attached hydrogens (tertiary/aromatic N) is 1. The fourth-order valence-corrected chi connectivity index (χ4v) is 1.69. The zero-order chi connectivity index (χ0) is 13.1. The van der Waals surface area contributed by atoms with Gasteiger partial charge in [-0.15, -0.1) is 0 Å². The smallest absolute Gasteiger partial charge is 0.292 e. The van der Waals surface area contributed by atoms with Crippen molar-refractivity contribution in [2.45, 2.75) is 20.4 Å². The molecule has 94 valence electrons. The van der Waals surface area contributed by atoms with E-state index in [0.29, 0.717) is 12.2 Å². The lowest BCUT2D eigenvalue weighted by molar-refractivity contribution is -0.384. The Morgan fingerprint density at radius 3 is 2.67 bits per heavy atom. The molecule has 0 aliphatic rings. The van der Waals surface area contributed by atoms with E-state index in [1.165, 1.54) is 0 Å². The number of aryl methyl sites for hydroxylation is 2. The van der Waals surface area contributed by atoms with Gasteiger partial charge in [0.05, 0.1) is 17.7 Å². The summed E-state index contributed by atoms with van der Waals surface area (Å²) in [6.45, 7) is 4.21. The maximum absolute atomic E-state index is 11.0. The van der Waals surface area contributed by atoms with E-state index in [4.69, 9.17) is 4.42 Å². The highest BCUT2D eigenvalue weighted by atomic mass is 16.6. The average Bonchev–Trinajstić information content (AvgIpc) is 2.83. The van der Waals surface area contributed by atoms with Gasteiger partial charge in [0.25, 0.3) is 5.69 Å². The molecule has 0 spiro atoms. The third-order valence-corrected chi connectivity index (χ3v) is 2.84. The topological polar surface area (TPSA) is 68.3 Å². The van der Waals surface area contributed by atoms with Crippen LogP contribution in [0.25, 0.3) is 0 Å². The summed E-state index contributed by atoms with van der Waals surface area (Å²) in [7, 11) is 0. The van der Waals surface area contributed by atoms with Gasteiger partial charge < -0.3 is 9.73 Å². The summed E-state index contributed by atoms with van der Waals surface area (Å²) >= 11 is 0. The zero-order valence-electron chi connectivity index (χ0n) is 10.3. The van der Waals surface area contributed by atoms with Crippen LogP contribution in [0.1, 0.15) is 16.9 Å². The Hall–Kier alpha value is -2.30. The van der Waals surface area contributed by atoms with Crippen LogP contribution in [0.5, 0.6) is 0 Å². The maximum Gasteiger partial charge on any atom is 0.292 e. The largest absolute Gasteiger partial charge is 0.467 e. The molecule has 0 unspecified atom stereocenters. The first-order chi connectivity index (χ1) is 8.58. The first kappa shape index (κ1) is 12.2. The second-order valence-corrected chi connectivity index (χ2v) is 4.14. The Kier molecular flexibility index (Phi) is 3.32. The van der Waals surface area contributed by atoms with Crippen LogP contribution in [0.4, 0.5) is 11.4 Å². The lowest BCUT2D eigenvalue weighted by Crippen LogP contribution is -2.03. The van der Waals surface area contributed by atoms with Crippen LogP contribution in [0, 0.1) is 24.0 Å². The molecule has 0 aliphatic carbocycles. The minimum atomic E-state index is -0.378. The van der Waals surface area contributed by atoms with E-state index >= 15 is 0 Å². The Labute approximate surface area is 105 Å². The van der Waals surface area contributed by atoms with E-state index in [0.717, 1.165) is 16.9 Å². The quantitative estimate of drug-likeness (QED) is 0.663. The first-order valence-electron chi connectivity index (χ1n) is 5.60. The third kappa shape index (κ3) is 2.51. The first-order valence-corrected chi connectivity index (χ1v) is 5.60. The van der Waals surface area contributed by atoms with Gasteiger partial charge in [0.15, 0.2) is 0 Å². The van der Waals surface area contributed by atoms with Crippen LogP contribution in [-0.2, 0) is 6.54 Å². The Bertz CT molecular complexity index is 562. The van der Waals surface area contributed by atoms with Crippen molar-refractivity contribution in [1.29, 1.82) is 0 Å². The van der Waals surface area contributed by atoms with Gasteiger partial charge in [0.1, 0.15) is 11.4 Å². The molecule has 0 saturated heterocycles. The van der Waals surface area contributed by atoms with Gasteiger partial charge in [-0.3, -0.25) is 10.1 Å². The van der Waals surface area contributed by atoms with Crippen LogP contribution in [0.3, 0.4) is 0 Å². The summed E-state index contributed by atoms with van der Waals surface area (Å²) < 4.78 is 5.18. The zero-order valence-corrected chi connectivity index (χ0v) is 10.3. The van der Waals surface area contributed by atoms with Crippen molar-refractivity contribution in [3.63, 3.8) is 0 Å². The van der Waals surface area contributed by atoms with E-state index in [1.54, 1.807) is 24.5 Å². The summed E-state index contributed by atoms with van der Waals surface area (Å²) in [4.78, 5) is 10.6. The number of furan rings is 1. The molecule has 1 aromatic heterocycles. The van der Waals surface area contributed by atoms with E-state index in [9.17, 15) is 10.1 Å². The number of nitrogens with one attached hydrogen (secondary N) is 1. The standard InChI is InChI=1S/C13H14N2O3/c1-9-6-12(13(15(16)17)7-10(9)2)14-8-11-4-3-5-18-11/h3-7,14H,8H2,1-2H3. The van der Waals surface area contributed by atoms with Crippen molar-refractivity contribution in [2.24, 2.45) is 0 Å². The molecular formula is C13H14N2O3. The molecule has 0 saturated carbocycles. The second-order valence-electron chi connectivity index (χ2n) is 4.14. The summed E-state index contributed by atoms with van der Waals surface area (Å²) in [6, 6.07) is 6.97. The fourth-order valence-electron chi connectivity index (χ4n) is 1.69. The molecule has 0 amide bonds.